The SMILES string of the molecule is CCS/C(=N\NC(C)=O)c1ccc(N)cc1. The standard InChI is InChI=1S/C11H15N3OS/c1-3-16-11(14-13-8(2)15)9-4-6-10(12)7-5-9/h4-7H,3,12H2,1-2H3,(H,13,15)/b14-11-. The Morgan fingerprint density at radius 3 is 2.56 bits per heavy atom. The third kappa shape index (κ3) is 3.94. The second-order valence-corrected chi connectivity index (χ2v) is 4.39. The third-order valence-electron chi connectivity index (χ3n) is 1.75. The van der Waals surface area contributed by atoms with Crippen LogP contribution in [0.1, 0.15) is 19.4 Å². The van der Waals surface area contributed by atoms with Crippen LogP contribution in [-0.4, -0.2) is 16.7 Å². The van der Waals surface area contributed by atoms with Gasteiger partial charge in [-0.1, -0.05) is 19.1 Å². The lowest BCUT2D eigenvalue weighted by Gasteiger charge is -2.05. The summed E-state index contributed by atoms with van der Waals surface area (Å²) in [6.45, 7) is 3.46. The molecular formula is C11H15N3OS. The van der Waals surface area contributed by atoms with Crippen molar-refractivity contribution in [2.45, 2.75) is 13.8 Å². The van der Waals surface area contributed by atoms with Crippen molar-refractivity contribution in [2.24, 2.45) is 5.10 Å². The molecule has 0 spiro atoms. The Hall–Kier alpha value is -1.49. The highest BCUT2D eigenvalue weighted by Gasteiger charge is 2.03. The largest absolute Gasteiger partial charge is 0.399 e. The molecule has 0 bridgehead atoms. The molecule has 0 aliphatic heterocycles. The van der Waals surface area contributed by atoms with E-state index in [1.807, 2.05) is 31.2 Å². The number of rotatable bonds is 3. The highest BCUT2D eigenvalue weighted by molar-refractivity contribution is 8.14. The van der Waals surface area contributed by atoms with Gasteiger partial charge in [-0.3, -0.25) is 4.79 Å². The number of thioether (sulfide) groups is 1. The topological polar surface area (TPSA) is 67.5 Å². The molecule has 1 rings (SSSR count). The Morgan fingerprint density at radius 1 is 1.44 bits per heavy atom. The van der Waals surface area contributed by atoms with Crippen LogP contribution in [0.3, 0.4) is 0 Å². The van der Waals surface area contributed by atoms with E-state index in [2.05, 4.69) is 10.5 Å². The lowest BCUT2D eigenvalue weighted by atomic mass is 10.2. The average Bonchev–Trinajstić information content (AvgIpc) is 2.25. The van der Waals surface area contributed by atoms with Gasteiger partial charge < -0.3 is 5.73 Å². The summed E-state index contributed by atoms with van der Waals surface area (Å²) in [5.41, 5.74) is 9.71. The molecule has 1 aromatic rings. The first kappa shape index (κ1) is 12.6. The minimum atomic E-state index is -0.176. The summed E-state index contributed by atoms with van der Waals surface area (Å²) in [5, 5.41) is 4.84. The van der Waals surface area contributed by atoms with Crippen LogP contribution in [0.4, 0.5) is 5.69 Å². The van der Waals surface area contributed by atoms with Gasteiger partial charge in [0.2, 0.25) is 5.91 Å². The fourth-order valence-corrected chi connectivity index (χ4v) is 1.76. The Bertz CT molecular complexity index is 387. The predicted molar refractivity (Wildman–Crippen MR) is 69.3 cm³/mol. The van der Waals surface area contributed by atoms with E-state index in [-0.39, 0.29) is 5.91 Å². The number of nitrogens with two attached hydrogens (primary N) is 1. The Kier molecular flexibility index (Phi) is 4.85. The van der Waals surface area contributed by atoms with Crippen LogP contribution in [-0.2, 0) is 4.79 Å². The molecule has 0 unspecified atom stereocenters. The summed E-state index contributed by atoms with van der Waals surface area (Å²) in [4.78, 5) is 10.8. The Labute approximate surface area is 99.3 Å². The maximum atomic E-state index is 10.8. The van der Waals surface area contributed by atoms with Gasteiger partial charge >= 0.3 is 0 Å². The summed E-state index contributed by atoms with van der Waals surface area (Å²) >= 11 is 1.57. The number of carbonyl (C=O) groups excluding carboxylic acids is 1. The quantitative estimate of drug-likeness (QED) is 0.365. The molecule has 1 aromatic carbocycles. The van der Waals surface area contributed by atoms with Gasteiger partial charge in [0.25, 0.3) is 0 Å². The van der Waals surface area contributed by atoms with Gasteiger partial charge in [-0.2, -0.15) is 5.10 Å². The molecule has 86 valence electrons. The molecule has 0 heterocycles. The van der Waals surface area contributed by atoms with E-state index < -0.39 is 0 Å². The van der Waals surface area contributed by atoms with Gasteiger partial charge in [0.05, 0.1) is 0 Å². The van der Waals surface area contributed by atoms with Crippen molar-refractivity contribution in [3.8, 4) is 0 Å². The number of nitrogens with one attached hydrogen (secondary N) is 1. The number of carbonyl (C=O) groups is 1. The lowest BCUT2D eigenvalue weighted by Crippen LogP contribution is -2.15. The van der Waals surface area contributed by atoms with Gasteiger partial charge in [-0.25, -0.2) is 5.43 Å². The highest BCUT2D eigenvalue weighted by atomic mass is 32.2. The molecule has 0 aromatic heterocycles. The maximum absolute atomic E-state index is 10.8. The monoisotopic (exact) mass is 237 g/mol. The van der Waals surface area contributed by atoms with E-state index in [0.717, 1.165) is 16.4 Å². The first-order valence-corrected chi connectivity index (χ1v) is 5.95. The van der Waals surface area contributed by atoms with Crippen LogP contribution >= 0.6 is 11.8 Å². The maximum Gasteiger partial charge on any atom is 0.236 e. The van der Waals surface area contributed by atoms with E-state index in [0.29, 0.717) is 5.69 Å². The first-order valence-electron chi connectivity index (χ1n) is 4.96. The van der Waals surface area contributed by atoms with Gasteiger partial charge in [-0.15, -0.1) is 11.8 Å². The van der Waals surface area contributed by atoms with Crippen molar-refractivity contribution in [1.82, 2.24) is 5.43 Å². The molecule has 5 heteroatoms. The number of amides is 1. The molecule has 4 nitrogen and oxygen atoms in total. The first-order chi connectivity index (χ1) is 7.63. The van der Waals surface area contributed by atoms with Gasteiger partial charge in [-0.05, 0) is 17.9 Å². The molecule has 0 fully saturated rings. The fourth-order valence-electron chi connectivity index (χ4n) is 1.07. The lowest BCUT2D eigenvalue weighted by molar-refractivity contribution is -0.118. The van der Waals surface area contributed by atoms with E-state index in [1.165, 1.54) is 6.92 Å². The van der Waals surface area contributed by atoms with Crippen LogP contribution in [0.5, 0.6) is 0 Å². The van der Waals surface area contributed by atoms with Crippen LogP contribution < -0.4 is 11.2 Å². The molecule has 0 radical (unpaired) electrons. The zero-order valence-electron chi connectivity index (χ0n) is 9.36. The summed E-state index contributed by atoms with van der Waals surface area (Å²) in [6.07, 6.45) is 0. The zero-order chi connectivity index (χ0) is 12.0. The summed E-state index contributed by atoms with van der Waals surface area (Å²) in [7, 11) is 0. The van der Waals surface area contributed by atoms with Crippen molar-refractivity contribution in [3.05, 3.63) is 29.8 Å². The van der Waals surface area contributed by atoms with E-state index in [9.17, 15) is 4.79 Å². The van der Waals surface area contributed by atoms with Gasteiger partial charge in [0.1, 0.15) is 5.04 Å². The Balaban J connectivity index is 2.88. The number of hydrazone groups is 1. The minimum absolute atomic E-state index is 0.176. The van der Waals surface area contributed by atoms with E-state index >= 15 is 0 Å². The summed E-state index contributed by atoms with van der Waals surface area (Å²) < 4.78 is 0. The van der Waals surface area contributed by atoms with Crippen molar-refractivity contribution in [2.75, 3.05) is 11.5 Å². The molecule has 0 saturated carbocycles. The smallest absolute Gasteiger partial charge is 0.236 e. The number of anilines is 1. The highest BCUT2D eigenvalue weighted by Crippen LogP contribution is 2.14. The minimum Gasteiger partial charge on any atom is -0.399 e. The van der Waals surface area contributed by atoms with Crippen molar-refractivity contribution < 1.29 is 4.79 Å². The molecular weight excluding hydrogens is 222 g/mol. The number of benzene rings is 1. The van der Waals surface area contributed by atoms with Crippen LogP contribution in [0, 0.1) is 0 Å². The van der Waals surface area contributed by atoms with Crippen LogP contribution in [0.2, 0.25) is 0 Å². The second kappa shape index (κ2) is 6.17. The van der Waals surface area contributed by atoms with E-state index in [1.54, 1.807) is 11.8 Å². The molecule has 0 aliphatic rings. The van der Waals surface area contributed by atoms with Crippen LogP contribution in [0.25, 0.3) is 0 Å². The number of nitrogen functional groups attached to an aromatic ring is 1. The van der Waals surface area contributed by atoms with Crippen LogP contribution in [0.15, 0.2) is 29.4 Å². The van der Waals surface area contributed by atoms with Crippen molar-refractivity contribution in [1.29, 1.82) is 0 Å². The second-order valence-electron chi connectivity index (χ2n) is 3.14. The van der Waals surface area contributed by atoms with Gasteiger partial charge in [0, 0.05) is 18.2 Å². The summed E-state index contributed by atoms with van der Waals surface area (Å²) in [5.74, 6) is 0.715. The molecule has 0 aliphatic carbocycles. The van der Waals surface area contributed by atoms with E-state index in [4.69, 9.17) is 5.73 Å². The molecule has 3 N–H and O–H groups in total. The fraction of sp³-hybridized carbons (Fsp3) is 0.273. The molecule has 16 heavy (non-hydrogen) atoms. The Morgan fingerprint density at radius 2 is 2.06 bits per heavy atom. The number of nitrogens with zero attached hydrogens (tertiary/aromatic N) is 1. The third-order valence-corrected chi connectivity index (χ3v) is 2.64. The van der Waals surface area contributed by atoms with Crippen molar-refractivity contribution >= 4 is 28.4 Å². The molecule has 1 amide bonds. The molecule has 0 saturated heterocycles. The normalized spacial score (nSPS) is 11.2. The van der Waals surface area contributed by atoms with Crippen molar-refractivity contribution in [3.63, 3.8) is 0 Å². The molecule has 0 atom stereocenters. The summed E-state index contributed by atoms with van der Waals surface area (Å²) in [6, 6.07) is 7.40. The average molecular weight is 237 g/mol. The predicted octanol–water partition coefficient (Wildman–Crippen LogP) is 1.82. The number of hydrogen-bond donors (Lipinski definition) is 2. The zero-order valence-corrected chi connectivity index (χ0v) is 10.2. The van der Waals surface area contributed by atoms with Gasteiger partial charge in [0.15, 0.2) is 0 Å². The number of hydrogen-bond acceptors (Lipinski definition) is 4.